The summed E-state index contributed by atoms with van der Waals surface area (Å²) in [6, 6.07) is 1.89. The Morgan fingerprint density at radius 1 is 1.38 bits per heavy atom. The molecule has 0 aliphatic heterocycles. The monoisotopic (exact) mass is 223 g/mol. The Balaban J connectivity index is 2.90. The van der Waals surface area contributed by atoms with Gasteiger partial charge in [-0.05, 0) is 5.41 Å². The molecule has 0 bridgehead atoms. The largest absolute Gasteiger partial charge is 0.373 e. The van der Waals surface area contributed by atoms with E-state index in [2.05, 4.69) is 41.0 Å². The molecule has 0 atom stereocenters. The van der Waals surface area contributed by atoms with Gasteiger partial charge in [-0.15, -0.1) is 0 Å². The standard InChI is InChI=1S/C11H21N5/c1-11(2,3)7-16(5)9-6-8(13-4)14-10(12)15-9/h6H,7H2,1-5H3,(H3,12,13,14,15). The SMILES string of the molecule is CNc1cc(N(C)CC(C)(C)C)nc(N)n1. The number of aromatic nitrogens is 2. The van der Waals surface area contributed by atoms with Crippen LogP contribution in [0.1, 0.15) is 20.8 Å². The lowest BCUT2D eigenvalue weighted by atomic mass is 9.96. The molecule has 3 N–H and O–H groups in total. The number of nitrogen functional groups attached to an aromatic ring is 1. The van der Waals surface area contributed by atoms with E-state index in [4.69, 9.17) is 5.73 Å². The van der Waals surface area contributed by atoms with Crippen LogP contribution >= 0.6 is 0 Å². The van der Waals surface area contributed by atoms with Crippen molar-refractivity contribution in [3.63, 3.8) is 0 Å². The molecule has 1 aromatic heterocycles. The average Bonchev–Trinajstić information content (AvgIpc) is 2.14. The Bertz CT molecular complexity index is 356. The van der Waals surface area contributed by atoms with Crippen LogP contribution in [0.2, 0.25) is 0 Å². The van der Waals surface area contributed by atoms with Crippen molar-refractivity contribution in [1.82, 2.24) is 9.97 Å². The molecule has 1 aromatic rings. The zero-order valence-electron chi connectivity index (χ0n) is 10.7. The van der Waals surface area contributed by atoms with E-state index in [-0.39, 0.29) is 5.41 Å². The number of hydrogen-bond acceptors (Lipinski definition) is 5. The first kappa shape index (κ1) is 12.5. The predicted molar refractivity (Wildman–Crippen MR) is 68.7 cm³/mol. The Morgan fingerprint density at radius 2 is 2.00 bits per heavy atom. The van der Waals surface area contributed by atoms with Gasteiger partial charge < -0.3 is 16.0 Å². The fourth-order valence-electron chi connectivity index (χ4n) is 1.57. The van der Waals surface area contributed by atoms with Gasteiger partial charge in [-0.2, -0.15) is 9.97 Å². The lowest BCUT2D eigenvalue weighted by Gasteiger charge is -2.27. The summed E-state index contributed by atoms with van der Waals surface area (Å²) in [5.41, 5.74) is 5.86. The lowest BCUT2D eigenvalue weighted by Crippen LogP contribution is -2.30. The molecule has 5 heteroatoms. The van der Waals surface area contributed by atoms with Gasteiger partial charge in [0.25, 0.3) is 0 Å². The third-order valence-corrected chi connectivity index (χ3v) is 2.09. The van der Waals surface area contributed by atoms with Crippen molar-refractivity contribution in [2.24, 2.45) is 5.41 Å². The van der Waals surface area contributed by atoms with Crippen molar-refractivity contribution in [3.05, 3.63) is 6.07 Å². The molecule has 0 amide bonds. The van der Waals surface area contributed by atoms with E-state index in [9.17, 15) is 0 Å². The van der Waals surface area contributed by atoms with Gasteiger partial charge >= 0.3 is 0 Å². The number of nitrogens with one attached hydrogen (secondary N) is 1. The molecule has 0 saturated heterocycles. The molecule has 0 radical (unpaired) electrons. The fraction of sp³-hybridized carbons (Fsp3) is 0.636. The van der Waals surface area contributed by atoms with Gasteiger partial charge in [0, 0.05) is 26.7 Å². The van der Waals surface area contributed by atoms with E-state index in [0.29, 0.717) is 5.95 Å². The average molecular weight is 223 g/mol. The number of rotatable bonds is 3. The van der Waals surface area contributed by atoms with E-state index in [0.717, 1.165) is 18.2 Å². The Hall–Kier alpha value is -1.52. The molecule has 0 saturated carbocycles. The molecule has 0 aromatic carbocycles. The first-order valence-corrected chi connectivity index (χ1v) is 5.35. The van der Waals surface area contributed by atoms with Gasteiger partial charge in [0.1, 0.15) is 11.6 Å². The van der Waals surface area contributed by atoms with Gasteiger partial charge in [0.2, 0.25) is 5.95 Å². The number of nitrogens with zero attached hydrogens (tertiary/aromatic N) is 3. The summed E-state index contributed by atoms with van der Waals surface area (Å²) in [6.45, 7) is 7.47. The third-order valence-electron chi connectivity index (χ3n) is 2.09. The van der Waals surface area contributed by atoms with Crippen LogP contribution in [0.25, 0.3) is 0 Å². The van der Waals surface area contributed by atoms with E-state index in [1.165, 1.54) is 0 Å². The van der Waals surface area contributed by atoms with Gasteiger partial charge in [-0.25, -0.2) is 0 Å². The van der Waals surface area contributed by atoms with Crippen LogP contribution in [0, 0.1) is 5.41 Å². The Morgan fingerprint density at radius 3 is 2.50 bits per heavy atom. The first-order chi connectivity index (χ1) is 7.31. The zero-order valence-corrected chi connectivity index (χ0v) is 10.7. The van der Waals surface area contributed by atoms with Crippen LogP contribution in [0.15, 0.2) is 6.07 Å². The summed E-state index contributed by atoms with van der Waals surface area (Å²) < 4.78 is 0. The third kappa shape index (κ3) is 3.56. The number of anilines is 3. The van der Waals surface area contributed by atoms with Crippen molar-refractivity contribution in [3.8, 4) is 0 Å². The molecule has 0 aliphatic carbocycles. The smallest absolute Gasteiger partial charge is 0.223 e. The maximum atomic E-state index is 5.65. The van der Waals surface area contributed by atoms with Crippen LogP contribution in [0.4, 0.5) is 17.6 Å². The summed E-state index contributed by atoms with van der Waals surface area (Å²) in [7, 11) is 3.82. The van der Waals surface area contributed by atoms with Gasteiger partial charge in [-0.3, -0.25) is 0 Å². The summed E-state index contributed by atoms with van der Waals surface area (Å²) in [4.78, 5) is 10.4. The molecule has 0 spiro atoms. The minimum Gasteiger partial charge on any atom is -0.373 e. The highest BCUT2D eigenvalue weighted by atomic mass is 15.2. The second kappa shape index (κ2) is 4.55. The second-order valence-corrected chi connectivity index (χ2v) is 5.14. The number of hydrogen-bond donors (Lipinski definition) is 2. The molecule has 1 rings (SSSR count). The fourth-order valence-corrected chi connectivity index (χ4v) is 1.57. The van der Waals surface area contributed by atoms with Crippen molar-refractivity contribution >= 4 is 17.6 Å². The predicted octanol–water partition coefficient (Wildman–Crippen LogP) is 1.58. The summed E-state index contributed by atoms with van der Waals surface area (Å²) in [5.74, 6) is 1.87. The molecule has 0 unspecified atom stereocenters. The first-order valence-electron chi connectivity index (χ1n) is 5.35. The topological polar surface area (TPSA) is 67.1 Å². The highest BCUT2D eigenvalue weighted by molar-refractivity contribution is 5.51. The lowest BCUT2D eigenvalue weighted by molar-refractivity contribution is 0.418. The molecule has 1 heterocycles. The molecule has 0 aliphatic rings. The summed E-state index contributed by atoms with van der Waals surface area (Å²) in [5, 5.41) is 2.97. The maximum Gasteiger partial charge on any atom is 0.223 e. The van der Waals surface area contributed by atoms with Crippen LogP contribution < -0.4 is 16.0 Å². The minimum atomic E-state index is 0.217. The van der Waals surface area contributed by atoms with Gasteiger partial charge in [0.05, 0.1) is 0 Å². The minimum absolute atomic E-state index is 0.217. The van der Waals surface area contributed by atoms with Crippen molar-refractivity contribution in [2.45, 2.75) is 20.8 Å². The van der Waals surface area contributed by atoms with Gasteiger partial charge in [-0.1, -0.05) is 20.8 Å². The molecule has 0 fully saturated rings. The second-order valence-electron chi connectivity index (χ2n) is 5.14. The Kier molecular flexibility index (Phi) is 3.57. The summed E-state index contributed by atoms with van der Waals surface area (Å²) in [6.07, 6.45) is 0. The Labute approximate surface area is 97.1 Å². The van der Waals surface area contributed by atoms with Crippen LogP contribution in [0.3, 0.4) is 0 Å². The van der Waals surface area contributed by atoms with Crippen LogP contribution in [-0.4, -0.2) is 30.6 Å². The van der Waals surface area contributed by atoms with E-state index >= 15 is 0 Å². The molecular formula is C11H21N5. The van der Waals surface area contributed by atoms with Crippen LogP contribution in [0.5, 0.6) is 0 Å². The molecular weight excluding hydrogens is 202 g/mol. The van der Waals surface area contributed by atoms with Crippen molar-refractivity contribution in [1.29, 1.82) is 0 Å². The van der Waals surface area contributed by atoms with Crippen molar-refractivity contribution < 1.29 is 0 Å². The molecule has 90 valence electrons. The quantitative estimate of drug-likeness (QED) is 0.814. The number of nitrogens with two attached hydrogens (primary N) is 1. The van der Waals surface area contributed by atoms with E-state index < -0.39 is 0 Å². The van der Waals surface area contributed by atoms with Crippen LogP contribution in [-0.2, 0) is 0 Å². The highest BCUT2D eigenvalue weighted by Crippen LogP contribution is 2.20. The normalized spacial score (nSPS) is 11.3. The summed E-state index contributed by atoms with van der Waals surface area (Å²) >= 11 is 0. The zero-order chi connectivity index (χ0) is 12.3. The van der Waals surface area contributed by atoms with Gasteiger partial charge in [0.15, 0.2) is 0 Å². The maximum absolute atomic E-state index is 5.65. The highest BCUT2D eigenvalue weighted by Gasteiger charge is 2.15. The van der Waals surface area contributed by atoms with E-state index in [1.54, 1.807) is 0 Å². The molecule has 5 nitrogen and oxygen atoms in total. The molecule has 16 heavy (non-hydrogen) atoms. The van der Waals surface area contributed by atoms with Crippen molar-refractivity contribution in [2.75, 3.05) is 36.6 Å². The van der Waals surface area contributed by atoms with E-state index in [1.807, 2.05) is 20.2 Å².